The summed E-state index contributed by atoms with van der Waals surface area (Å²) < 4.78 is 31.5. The first-order valence-corrected chi connectivity index (χ1v) is 14.7. The minimum absolute atomic E-state index is 0. The topological polar surface area (TPSA) is 43.3 Å². The fourth-order valence-corrected chi connectivity index (χ4v) is 6.49. The number of pyridine rings is 2. The van der Waals surface area contributed by atoms with E-state index in [-0.39, 0.29) is 25.7 Å². The van der Waals surface area contributed by atoms with Gasteiger partial charge in [0.15, 0.2) is 0 Å². The van der Waals surface area contributed by atoms with Gasteiger partial charge in [-0.15, -0.1) is 59.7 Å². The van der Waals surface area contributed by atoms with Crippen LogP contribution in [0, 0.1) is 19.0 Å². The number of rotatable bonds is 2. The summed E-state index contributed by atoms with van der Waals surface area (Å²) in [6.45, 7) is -2.18. The molecule has 1 radical (unpaired) electrons. The number of benzene rings is 5. The van der Waals surface area contributed by atoms with E-state index in [4.69, 9.17) is 8.53 Å². The molecule has 0 saturated heterocycles. The van der Waals surface area contributed by atoms with Gasteiger partial charge in [0.05, 0.1) is 5.52 Å². The molecule has 5 heterocycles. The molecule has 46 heavy (non-hydrogen) atoms. The van der Waals surface area contributed by atoms with Crippen LogP contribution < -0.4 is 0 Å². The minimum Gasteiger partial charge on any atom is -0.456 e. The van der Waals surface area contributed by atoms with Crippen LogP contribution in [-0.4, -0.2) is 14.4 Å². The number of aromatic nitrogens is 3. The Morgan fingerprint density at radius 2 is 1.48 bits per heavy atom. The van der Waals surface area contributed by atoms with E-state index in [1.165, 1.54) is 22.5 Å². The van der Waals surface area contributed by atoms with Gasteiger partial charge in [0, 0.05) is 63.7 Å². The smallest absolute Gasteiger partial charge is 0.136 e. The predicted octanol–water partition coefficient (Wildman–Crippen LogP) is 10.5. The van der Waals surface area contributed by atoms with E-state index in [2.05, 4.69) is 75.0 Å². The van der Waals surface area contributed by atoms with Crippen molar-refractivity contribution in [2.45, 2.75) is 6.85 Å². The van der Waals surface area contributed by atoms with Crippen LogP contribution in [0.2, 0.25) is 0 Å². The van der Waals surface area contributed by atoms with Crippen molar-refractivity contribution in [2.75, 3.05) is 0 Å². The number of aryl methyl sites for hydroxylation is 1. The summed E-state index contributed by atoms with van der Waals surface area (Å²) >= 11 is 0. The summed E-state index contributed by atoms with van der Waals surface area (Å²) in [5.74, 6) is 0. The summed E-state index contributed by atoms with van der Waals surface area (Å²) in [6, 6.07) is 46.5. The van der Waals surface area contributed by atoms with Crippen molar-refractivity contribution in [2.24, 2.45) is 0 Å². The number of para-hydroxylation sites is 2. The summed E-state index contributed by atoms with van der Waals surface area (Å²) in [7, 11) is 0. The largest absolute Gasteiger partial charge is 0.456 e. The Labute approximate surface area is 282 Å². The van der Waals surface area contributed by atoms with Gasteiger partial charge < -0.3 is 18.8 Å². The Morgan fingerprint density at radius 1 is 0.652 bits per heavy atom. The summed E-state index contributed by atoms with van der Waals surface area (Å²) in [5, 5.41) is 6.83. The molecule has 0 unspecified atom stereocenters. The van der Waals surface area contributed by atoms with Crippen LogP contribution in [0.3, 0.4) is 0 Å². The van der Waals surface area contributed by atoms with Gasteiger partial charge in [-0.2, -0.15) is 0 Å². The molecule has 0 amide bonds. The van der Waals surface area contributed by atoms with Crippen molar-refractivity contribution in [1.29, 1.82) is 0 Å². The van der Waals surface area contributed by atoms with Crippen LogP contribution in [0.25, 0.3) is 82.5 Å². The molecule has 0 bridgehead atoms. The third kappa shape index (κ3) is 4.39. The van der Waals surface area contributed by atoms with Gasteiger partial charge in [0.25, 0.3) is 0 Å². The summed E-state index contributed by atoms with van der Waals surface area (Å²) in [6.07, 6.45) is 3.22. The molecule has 5 aromatic heterocycles. The average Bonchev–Trinajstić information content (AvgIpc) is 3.78. The van der Waals surface area contributed by atoms with Crippen LogP contribution in [0.1, 0.15) is 9.68 Å². The van der Waals surface area contributed by atoms with E-state index in [1.807, 2.05) is 60.7 Å². The Bertz CT molecular complexity index is 2720. The normalized spacial score (nSPS) is 12.7. The van der Waals surface area contributed by atoms with E-state index < -0.39 is 6.85 Å². The van der Waals surface area contributed by atoms with Gasteiger partial charge in [0.2, 0.25) is 0 Å². The van der Waals surface area contributed by atoms with E-state index in [0.717, 1.165) is 60.6 Å². The summed E-state index contributed by atoms with van der Waals surface area (Å²) in [4.78, 5) is 8.66. The fraction of sp³-hybridized carbons (Fsp3) is 0.0244. The first kappa shape index (κ1) is 24.9. The second kappa shape index (κ2) is 11.2. The number of furan rings is 1. The molecule has 4 nitrogen and oxygen atoms in total. The van der Waals surface area contributed by atoms with Crippen LogP contribution in [-0.2, 0) is 20.1 Å². The molecular formula is C41H25IrN3O-2. The van der Waals surface area contributed by atoms with E-state index in [9.17, 15) is 0 Å². The van der Waals surface area contributed by atoms with Crippen LogP contribution in [0.5, 0.6) is 0 Å². The minimum atomic E-state index is -2.18. The molecule has 0 aliphatic carbocycles. The molecule has 10 aromatic rings. The van der Waals surface area contributed by atoms with Crippen molar-refractivity contribution in [3.8, 4) is 22.5 Å². The molecule has 5 aromatic carbocycles. The maximum atomic E-state index is 7.62. The van der Waals surface area contributed by atoms with E-state index in [1.54, 1.807) is 18.3 Å². The van der Waals surface area contributed by atoms with Crippen LogP contribution >= 0.6 is 0 Å². The molecule has 0 atom stereocenters. The second-order valence-corrected chi connectivity index (χ2v) is 11.0. The Hall–Kier alpha value is -5.35. The van der Waals surface area contributed by atoms with E-state index >= 15 is 0 Å². The number of fused-ring (bicyclic) bond motifs is 10. The maximum Gasteiger partial charge on any atom is 0.136 e. The van der Waals surface area contributed by atoms with Crippen LogP contribution in [0.4, 0.5) is 0 Å². The molecule has 0 aliphatic rings. The molecular weight excluding hydrogens is 743 g/mol. The van der Waals surface area contributed by atoms with Gasteiger partial charge in [-0.25, -0.2) is 0 Å². The van der Waals surface area contributed by atoms with Crippen molar-refractivity contribution in [3.63, 3.8) is 0 Å². The first-order chi connectivity index (χ1) is 23.5. The molecule has 0 aliphatic heterocycles. The van der Waals surface area contributed by atoms with Crippen molar-refractivity contribution < 1.29 is 28.6 Å². The molecule has 10 rings (SSSR count). The third-order valence-corrected chi connectivity index (χ3v) is 8.43. The monoisotopic (exact) mass is 771 g/mol. The average molecular weight is 771 g/mol. The van der Waals surface area contributed by atoms with Crippen molar-refractivity contribution >= 4 is 60.0 Å². The van der Waals surface area contributed by atoms with Gasteiger partial charge in [-0.3, -0.25) is 0 Å². The SMILES string of the molecule is [2H]C([2H])([2H])c1ccc(-c2[c-]cc3c(c2)c2cc4oc5ccccc5c4c4c5ccccc5n3c24)nc1.[Ir].[c-]1ccccc1-c1ccccn1. The fourth-order valence-electron chi connectivity index (χ4n) is 6.49. The van der Waals surface area contributed by atoms with Crippen molar-refractivity contribution in [1.82, 2.24) is 14.4 Å². The molecule has 5 heteroatoms. The third-order valence-electron chi connectivity index (χ3n) is 8.43. The van der Waals surface area contributed by atoms with E-state index in [0.29, 0.717) is 5.69 Å². The zero-order chi connectivity index (χ0) is 32.4. The quantitative estimate of drug-likeness (QED) is 0.165. The second-order valence-electron chi connectivity index (χ2n) is 11.0. The zero-order valence-electron chi connectivity index (χ0n) is 27.3. The number of nitrogens with zero attached hydrogens (tertiary/aromatic N) is 3. The molecule has 221 valence electrons. The van der Waals surface area contributed by atoms with Gasteiger partial charge in [-0.05, 0) is 59.0 Å². The van der Waals surface area contributed by atoms with Gasteiger partial charge in [0.1, 0.15) is 11.2 Å². The Kier molecular flexibility index (Phi) is 6.08. The molecule has 0 saturated carbocycles. The van der Waals surface area contributed by atoms with Gasteiger partial charge in [-0.1, -0.05) is 66.0 Å². The predicted molar refractivity (Wildman–Crippen MR) is 184 cm³/mol. The van der Waals surface area contributed by atoms with Gasteiger partial charge >= 0.3 is 0 Å². The molecule has 0 fully saturated rings. The standard InChI is InChI=1S/C30H17N2O.C11H8N.Ir/c1-17-10-12-23(31-16-17)18-11-13-25-21(14-18)22-15-27-28(20-7-3-5-9-26(20)33-27)29-19-6-2-4-8-24(19)32(25)30(22)29;1-2-6-10(7-3-1)11-8-4-5-9-12-11;/h2-10,12-16H,1H3;1-6,8-9H;/q2*-1;/i1D3;;. The Morgan fingerprint density at radius 3 is 2.28 bits per heavy atom. The maximum absolute atomic E-state index is 7.62. The Balaban J connectivity index is 0.000000228. The number of hydrogen-bond donors (Lipinski definition) is 0. The molecule has 0 spiro atoms. The number of hydrogen-bond acceptors (Lipinski definition) is 3. The summed E-state index contributed by atoms with van der Waals surface area (Å²) in [5.41, 5.74) is 8.87. The zero-order valence-corrected chi connectivity index (χ0v) is 26.7. The van der Waals surface area contributed by atoms with Crippen LogP contribution in [0.15, 0.2) is 138 Å². The molecule has 0 N–H and O–H groups in total. The van der Waals surface area contributed by atoms with Crippen molar-refractivity contribution in [3.05, 3.63) is 151 Å². The first-order valence-electron chi connectivity index (χ1n) is 16.2.